The van der Waals surface area contributed by atoms with Gasteiger partial charge in [-0.3, -0.25) is 33.6 Å². The first-order valence-electron chi connectivity index (χ1n) is 20.8. The van der Waals surface area contributed by atoms with Crippen LogP contribution in [0.15, 0.2) is 56.0 Å². The van der Waals surface area contributed by atoms with E-state index in [1.807, 2.05) is 6.92 Å². The lowest BCUT2D eigenvalue weighted by Gasteiger charge is -2.35. The minimum Gasteiger partial charge on any atom is -0.393 e. The molecule has 4 saturated heterocycles. The topological polar surface area (TPSA) is 275 Å². The van der Waals surface area contributed by atoms with Crippen molar-refractivity contribution >= 4 is 6.03 Å². The average molecular weight is 904 g/mol. The Labute approximate surface area is 360 Å². The lowest BCUT2D eigenvalue weighted by Crippen LogP contribution is -2.57. The quantitative estimate of drug-likeness (QED) is 0.167. The van der Waals surface area contributed by atoms with E-state index in [9.17, 15) is 52.5 Å². The molecular formula is C40H60F3N7O13. The Kier molecular flexibility index (Phi) is 15.4. The van der Waals surface area contributed by atoms with E-state index in [1.54, 1.807) is 13.8 Å². The molecule has 0 saturated carbocycles. The van der Waals surface area contributed by atoms with Crippen molar-refractivity contribution < 1.29 is 57.0 Å². The maximum absolute atomic E-state index is 13.8. The third-order valence-corrected chi connectivity index (χ3v) is 12.0. The number of nitrogens with one attached hydrogen (secondary N) is 3. The van der Waals surface area contributed by atoms with E-state index in [1.165, 1.54) is 49.2 Å². The Balaban J connectivity index is 0.000000181. The minimum atomic E-state index is -1.48. The van der Waals surface area contributed by atoms with Crippen molar-refractivity contribution in [3.63, 3.8) is 0 Å². The maximum atomic E-state index is 13.8. The standard InChI is InChI=1S/C17H25FN2O5.C12H17FN2O4.C11H18FN3O4/c1-3-17(11-18)10-16(2,24-13-6-4-5-9-23-13)14(25-17)20-8-7-12(21)19-15(20)22;1-3-12(7-13)6-11(2,18)9(19-12)15-5-4-8(16)14-10(15)17;1-10(18)4-11(5-12,6-16)19-8(10)15-3-2-7(13)14-9(15)17/h7-8,13-14H,3-6,9-11H2,1-2H3,(H,19,21,22);4-5,9,18H,3,6-7H2,1-2H3,(H,14,16,17);2-3,7-8,16,18H,4-6,13H2,1H3,(H,14,17)/t13?,14-,16-,17-;9-,11-,12-;7?,8-,10-,11-/m111/s1. The molecule has 0 bridgehead atoms. The number of urea groups is 1. The van der Waals surface area contributed by atoms with E-state index in [2.05, 4.69) is 15.3 Å². The molecule has 7 heterocycles. The molecule has 354 valence electrons. The van der Waals surface area contributed by atoms with Crippen LogP contribution in [0.2, 0.25) is 0 Å². The number of carbonyl (C=O) groups excluding carboxylic acids is 1. The summed E-state index contributed by atoms with van der Waals surface area (Å²) >= 11 is 0. The summed E-state index contributed by atoms with van der Waals surface area (Å²) in [7, 11) is 0. The van der Waals surface area contributed by atoms with Gasteiger partial charge in [-0.05, 0) is 59.0 Å². The minimum absolute atomic E-state index is 0.0865. The van der Waals surface area contributed by atoms with E-state index in [-0.39, 0.29) is 12.8 Å². The smallest absolute Gasteiger partial charge is 0.330 e. The second kappa shape index (κ2) is 19.5. The van der Waals surface area contributed by atoms with Gasteiger partial charge in [0.1, 0.15) is 53.6 Å². The van der Waals surface area contributed by atoms with Crippen LogP contribution in [0.3, 0.4) is 0 Å². The number of nitrogens with two attached hydrogens (primary N) is 1. The van der Waals surface area contributed by atoms with Gasteiger partial charge in [-0.25, -0.2) is 27.6 Å². The van der Waals surface area contributed by atoms with Gasteiger partial charge in [0.25, 0.3) is 11.1 Å². The zero-order chi connectivity index (χ0) is 46.6. The zero-order valence-electron chi connectivity index (χ0n) is 36.0. The van der Waals surface area contributed by atoms with Gasteiger partial charge >= 0.3 is 17.4 Å². The molecular weight excluding hydrogens is 843 g/mol. The molecule has 5 aliphatic rings. The summed E-state index contributed by atoms with van der Waals surface area (Å²) in [5.74, 6) is 0. The van der Waals surface area contributed by atoms with E-state index in [0.717, 1.165) is 34.8 Å². The van der Waals surface area contributed by atoms with E-state index in [4.69, 9.17) is 29.4 Å². The summed E-state index contributed by atoms with van der Waals surface area (Å²) in [6.07, 6.45) is 5.35. The van der Waals surface area contributed by atoms with Gasteiger partial charge in [-0.2, -0.15) is 0 Å². The van der Waals surface area contributed by atoms with Crippen LogP contribution in [0.25, 0.3) is 0 Å². The van der Waals surface area contributed by atoms with Crippen molar-refractivity contribution in [1.82, 2.24) is 29.3 Å². The first-order chi connectivity index (χ1) is 29.6. The van der Waals surface area contributed by atoms with Gasteiger partial charge in [-0.15, -0.1) is 0 Å². The number of nitrogens with zero attached hydrogens (tertiary/aromatic N) is 3. The van der Waals surface area contributed by atoms with Crippen molar-refractivity contribution in [2.75, 3.05) is 33.2 Å². The van der Waals surface area contributed by atoms with Crippen LogP contribution in [-0.4, -0.2) is 131 Å². The van der Waals surface area contributed by atoms with Crippen LogP contribution in [0.1, 0.15) is 98.4 Å². The number of ether oxygens (including phenoxy) is 5. The predicted octanol–water partition coefficient (Wildman–Crippen LogP) is 1.21. The van der Waals surface area contributed by atoms with Crippen molar-refractivity contribution in [3.8, 4) is 0 Å². The highest BCUT2D eigenvalue weighted by Gasteiger charge is 2.58. The average Bonchev–Trinajstić information content (AvgIpc) is 3.81. The molecule has 4 fully saturated rings. The van der Waals surface area contributed by atoms with Crippen molar-refractivity contribution in [1.29, 1.82) is 0 Å². The maximum Gasteiger partial charge on any atom is 0.330 e. The third kappa shape index (κ3) is 10.8. The Morgan fingerprint density at radius 3 is 1.75 bits per heavy atom. The molecule has 63 heavy (non-hydrogen) atoms. The van der Waals surface area contributed by atoms with Crippen LogP contribution in [0.4, 0.5) is 18.0 Å². The summed E-state index contributed by atoms with van der Waals surface area (Å²) in [6.45, 7) is 6.00. The van der Waals surface area contributed by atoms with Crippen molar-refractivity contribution in [2.45, 2.75) is 151 Å². The Morgan fingerprint density at radius 1 is 0.778 bits per heavy atom. The van der Waals surface area contributed by atoms with Crippen molar-refractivity contribution in [3.05, 3.63) is 78.5 Å². The number of hydrogen-bond donors (Lipinski definition) is 7. The van der Waals surface area contributed by atoms with Gasteiger partial charge in [0.2, 0.25) is 0 Å². The number of H-pyrrole nitrogens is 2. The lowest BCUT2D eigenvalue weighted by atomic mass is 9.89. The molecule has 0 spiro atoms. The molecule has 2 aromatic heterocycles. The molecule has 11 atom stereocenters. The van der Waals surface area contributed by atoms with E-state index < -0.39 is 120 Å². The molecule has 20 nitrogen and oxygen atoms in total. The Morgan fingerprint density at radius 2 is 1.29 bits per heavy atom. The summed E-state index contributed by atoms with van der Waals surface area (Å²) < 4.78 is 71.2. The second-order valence-corrected chi connectivity index (χ2v) is 17.5. The number of aromatic amines is 2. The summed E-state index contributed by atoms with van der Waals surface area (Å²) in [6, 6.07) is 1.85. The molecule has 23 heteroatoms. The number of hydrogen-bond acceptors (Lipinski definition) is 14. The normalized spacial score (nSPS) is 37.5. The molecule has 5 aliphatic heterocycles. The first kappa shape index (κ1) is 49.8. The van der Waals surface area contributed by atoms with Gasteiger partial charge in [0, 0.05) is 56.6 Å². The van der Waals surface area contributed by atoms with Gasteiger partial charge in [0.15, 0.2) is 25.0 Å². The third-order valence-electron chi connectivity index (χ3n) is 12.0. The van der Waals surface area contributed by atoms with Gasteiger partial charge in [-0.1, -0.05) is 13.8 Å². The number of aromatic nitrogens is 4. The van der Waals surface area contributed by atoms with Crippen LogP contribution in [0, 0.1) is 0 Å². The van der Waals surface area contributed by atoms with Crippen LogP contribution < -0.4 is 33.5 Å². The Hall–Kier alpha value is -4.20. The highest BCUT2D eigenvalue weighted by molar-refractivity contribution is 5.77. The highest BCUT2D eigenvalue weighted by atomic mass is 19.1. The molecule has 2 amide bonds. The fourth-order valence-electron chi connectivity index (χ4n) is 8.59. The fourth-order valence-corrected chi connectivity index (χ4v) is 8.59. The SMILES string of the molecule is CC[C@]1(CF)C[C@@](C)(O)[C@H](n2ccc(=O)[nH]c2=O)O1.CC[C@]1(CF)C[C@@](C)(OC2CCCCO2)[C@H](n2ccc(=O)[nH]c2=O)O1.C[C@@]1(O)C[C@](CO)(CF)O[C@H]1N1C=CC(N)NC1=O. The monoisotopic (exact) mass is 903 g/mol. The number of alkyl halides is 3. The molecule has 0 radical (unpaired) electrons. The number of aliphatic hydroxyl groups is 3. The highest BCUT2D eigenvalue weighted by Crippen LogP contribution is 2.49. The van der Waals surface area contributed by atoms with Crippen LogP contribution >= 0.6 is 0 Å². The molecule has 2 unspecified atom stereocenters. The Bertz CT molecular complexity index is 2140. The molecule has 0 aromatic carbocycles. The fraction of sp³-hybridized carbons (Fsp3) is 0.725. The number of aliphatic hydroxyl groups excluding tert-OH is 1. The van der Waals surface area contributed by atoms with Gasteiger partial charge in [0.05, 0.1) is 12.8 Å². The summed E-state index contributed by atoms with van der Waals surface area (Å²) in [5, 5.41) is 32.3. The number of amides is 2. The van der Waals surface area contributed by atoms with Gasteiger partial charge < -0.3 is 50.1 Å². The largest absolute Gasteiger partial charge is 0.393 e. The zero-order valence-corrected chi connectivity index (χ0v) is 36.0. The van der Waals surface area contributed by atoms with E-state index in [0.29, 0.717) is 25.9 Å². The molecule has 7 rings (SSSR count). The van der Waals surface area contributed by atoms with Crippen LogP contribution in [0.5, 0.6) is 0 Å². The molecule has 0 aliphatic carbocycles. The number of rotatable bonds is 11. The van der Waals surface area contributed by atoms with Crippen molar-refractivity contribution in [2.24, 2.45) is 5.73 Å². The first-order valence-corrected chi connectivity index (χ1v) is 20.8. The van der Waals surface area contributed by atoms with E-state index >= 15 is 0 Å². The predicted molar refractivity (Wildman–Crippen MR) is 217 cm³/mol. The summed E-state index contributed by atoms with van der Waals surface area (Å²) in [4.78, 5) is 63.6. The molecule has 2 aromatic rings. The lowest BCUT2D eigenvalue weighted by molar-refractivity contribution is -0.243. The van der Waals surface area contributed by atoms with Crippen LogP contribution in [-0.2, 0) is 23.7 Å². The molecule has 8 N–H and O–H groups in total. The second-order valence-electron chi connectivity index (χ2n) is 17.5. The number of carbonyl (C=O) groups is 1. The number of halogens is 3. The summed E-state index contributed by atoms with van der Waals surface area (Å²) in [5.41, 5.74) is -4.23.